The highest BCUT2D eigenvalue weighted by molar-refractivity contribution is 7.89. The number of sulfonamides is 1. The molecule has 6 nitrogen and oxygen atoms in total. The van der Waals surface area contributed by atoms with Crippen molar-refractivity contribution in [3.8, 4) is 6.07 Å². The Morgan fingerprint density at radius 2 is 1.67 bits per heavy atom. The first-order chi connectivity index (χ1) is 12.9. The van der Waals surface area contributed by atoms with Crippen LogP contribution in [0.15, 0.2) is 53.4 Å². The zero-order chi connectivity index (χ0) is 19.7. The third-order valence-corrected chi connectivity index (χ3v) is 5.41. The Morgan fingerprint density at radius 1 is 1.04 bits per heavy atom. The number of nitriles is 1. The number of rotatable bonds is 9. The fourth-order valence-corrected chi connectivity index (χ4v) is 3.57. The molecule has 1 amide bonds. The van der Waals surface area contributed by atoms with Crippen molar-refractivity contribution < 1.29 is 13.2 Å². The van der Waals surface area contributed by atoms with Crippen LogP contribution in [0.25, 0.3) is 0 Å². The van der Waals surface area contributed by atoms with Crippen molar-refractivity contribution in [3.05, 3.63) is 59.7 Å². The van der Waals surface area contributed by atoms with Gasteiger partial charge in [-0.25, -0.2) is 13.1 Å². The summed E-state index contributed by atoms with van der Waals surface area (Å²) in [5, 5.41) is 11.5. The molecule has 2 aromatic carbocycles. The Kier molecular flexibility index (Phi) is 7.53. The van der Waals surface area contributed by atoms with Crippen molar-refractivity contribution in [1.82, 2.24) is 4.72 Å². The molecule has 0 aliphatic rings. The third-order valence-electron chi connectivity index (χ3n) is 3.94. The molecule has 0 saturated carbocycles. The number of nitrogens with one attached hydrogen (secondary N) is 2. The molecule has 0 bridgehead atoms. The van der Waals surface area contributed by atoms with Crippen LogP contribution in [0.4, 0.5) is 5.69 Å². The van der Waals surface area contributed by atoms with E-state index in [0.717, 1.165) is 17.5 Å². The second-order valence-corrected chi connectivity index (χ2v) is 7.89. The largest absolute Gasteiger partial charge is 0.326 e. The first-order valence-corrected chi connectivity index (χ1v) is 10.3. The predicted molar refractivity (Wildman–Crippen MR) is 105 cm³/mol. The summed E-state index contributed by atoms with van der Waals surface area (Å²) in [6, 6.07) is 15.8. The predicted octanol–water partition coefficient (Wildman–Crippen LogP) is 3.01. The summed E-state index contributed by atoms with van der Waals surface area (Å²) in [5.74, 6) is -0.121. The third kappa shape index (κ3) is 6.51. The van der Waals surface area contributed by atoms with E-state index in [-0.39, 0.29) is 10.8 Å². The molecule has 27 heavy (non-hydrogen) atoms. The topological polar surface area (TPSA) is 99.1 Å². The van der Waals surface area contributed by atoms with Crippen LogP contribution in [-0.2, 0) is 27.7 Å². The van der Waals surface area contributed by atoms with Crippen LogP contribution in [0, 0.1) is 11.3 Å². The molecule has 0 unspecified atom stereocenters. The lowest BCUT2D eigenvalue weighted by molar-refractivity contribution is -0.116. The first kappa shape index (κ1) is 20.6. The van der Waals surface area contributed by atoms with Crippen LogP contribution in [0.3, 0.4) is 0 Å². The number of hydrogen-bond donors (Lipinski definition) is 2. The lowest BCUT2D eigenvalue weighted by Gasteiger charge is -2.08. The van der Waals surface area contributed by atoms with E-state index >= 15 is 0 Å². The van der Waals surface area contributed by atoms with E-state index in [1.165, 1.54) is 0 Å². The highest BCUT2D eigenvalue weighted by Gasteiger charge is 2.12. The molecule has 0 spiro atoms. The van der Waals surface area contributed by atoms with Gasteiger partial charge in [-0.2, -0.15) is 5.26 Å². The first-order valence-electron chi connectivity index (χ1n) is 8.79. The van der Waals surface area contributed by atoms with Crippen molar-refractivity contribution in [2.45, 2.75) is 37.5 Å². The van der Waals surface area contributed by atoms with Crippen LogP contribution in [0.1, 0.15) is 30.9 Å². The lowest BCUT2D eigenvalue weighted by atomic mass is 10.1. The summed E-state index contributed by atoms with van der Waals surface area (Å²) in [5.41, 5.74) is 2.48. The Morgan fingerprint density at radius 3 is 2.26 bits per heavy atom. The van der Waals surface area contributed by atoms with E-state index in [9.17, 15) is 13.2 Å². The Balaban J connectivity index is 1.87. The van der Waals surface area contributed by atoms with Crippen molar-refractivity contribution in [2.24, 2.45) is 0 Å². The molecule has 0 heterocycles. The minimum atomic E-state index is -3.47. The molecule has 0 radical (unpaired) electrons. The Hall–Kier alpha value is -2.69. The molecular weight excluding hydrogens is 362 g/mol. The molecule has 2 N–H and O–H groups in total. The van der Waals surface area contributed by atoms with Gasteiger partial charge in [0.25, 0.3) is 0 Å². The summed E-state index contributed by atoms with van der Waals surface area (Å²) < 4.78 is 26.6. The maximum atomic E-state index is 12.1. The number of amides is 1. The number of aryl methyl sites for hydroxylation is 1. The van der Waals surface area contributed by atoms with Crippen molar-refractivity contribution in [3.63, 3.8) is 0 Å². The number of nitrogens with zero attached hydrogens (tertiary/aromatic N) is 1. The fraction of sp³-hybridized carbons (Fsp3) is 0.300. The van der Waals surface area contributed by atoms with E-state index in [0.29, 0.717) is 31.5 Å². The summed E-state index contributed by atoms with van der Waals surface area (Å²) in [7, 11) is -3.47. The van der Waals surface area contributed by atoms with Crippen LogP contribution in [0.5, 0.6) is 0 Å². The number of carbonyl (C=O) groups is 1. The van der Waals surface area contributed by atoms with E-state index in [4.69, 9.17) is 5.26 Å². The van der Waals surface area contributed by atoms with E-state index in [2.05, 4.69) is 16.1 Å². The highest BCUT2D eigenvalue weighted by atomic mass is 32.2. The van der Waals surface area contributed by atoms with Crippen LogP contribution in [-0.4, -0.2) is 20.9 Å². The maximum Gasteiger partial charge on any atom is 0.240 e. The number of carbonyl (C=O) groups excluding carboxylic acids is 1. The summed E-state index contributed by atoms with van der Waals surface area (Å²) in [6.07, 6.45) is 1.88. The Bertz CT molecular complexity index is 899. The highest BCUT2D eigenvalue weighted by Crippen LogP contribution is 2.13. The second-order valence-electron chi connectivity index (χ2n) is 6.12. The Labute approximate surface area is 160 Å². The van der Waals surface area contributed by atoms with Gasteiger partial charge in [0.1, 0.15) is 0 Å². The smallest absolute Gasteiger partial charge is 0.240 e. The van der Waals surface area contributed by atoms with Gasteiger partial charge in [0.05, 0.1) is 17.4 Å². The average Bonchev–Trinajstić information content (AvgIpc) is 2.67. The van der Waals surface area contributed by atoms with Gasteiger partial charge in [-0.1, -0.05) is 31.2 Å². The van der Waals surface area contributed by atoms with Gasteiger partial charge in [-0.05, 0) is 48.2 Å². The minimum Gasteiger partial charge on any atom is -0.326 e. The maximum absolute atomic E-state index is 12.1. The number of anilines is 1. The fourth-order valence-electron chi connectivity index (χ4n) is 2.43. The lowest BCUT2D eigenvalue weighted by Crippen LogP contribution is -2.24. The van der Waals surface area contributed by atoms with Gasteiger partial charge < -0.3 is 5.32 Å². The van der Waals surface area contributed by atoms with Crippen molar-refractivity contribution in [2.75, 3.05) is 11.9 Å². The monoisotopic (exact) mass is 385 g/mol. The van der Waals surface area contributed by atoms with Crippen molar-refractivity contribution in [1.29, 1.82) is 5.26 Å². The molecule has 0 aromatic heterocycles. The van der Waals surface area contributed by atoms with Gasteiger partial charge in [0.2, 0.25) is 15.9 Å². The van der Waals surface area contributed by atoms with E-state index in [1.54, 1.807) is 36.4 Å². The minimum absolute atomic E-state index is 0.121. The van der Waals surface area contributed by atoms with Crippen LogP contribution in [0.2, 0.25) is 0 Å². The second kappa shape index (κ2) is 9.86. The van der Waals surface area contributed by atoms with Gasteiger partial charge >= 0.3 is 0 Å². The molecule has 2 rings (SSSR count). The zero-order valence-electron chi connectivity index (χ0n) is 15.2. The summed E-state index contributed by atoms with van der Waals surface area (Å²) in [6.45, 7) is 2.30. The molecule has 0 aliphatic heterocycles. The molecule has 0 fully saturated rings. The molecule has 0 saturated heterocycles. The van der Waals surface area contributed by atoms with Crippen LogP contribution < -0.4 is 10.0 Å². The normalized spacial score (nSPS) is 11.0. The van der Waals surface area contributed by atoms with E-state index in [1.807, 2.05) is 19.1 Å². The average molecular weight is 385 g/mol. The zero-order valence-corrected chi connectivity index (χ0v) is 16.1. The molecular formula is C20H23N3O3S. The molecule has 0 atom stereocenters. The standard InChI is InChI=1S/C20H23N3O3S/c1-2-15-22-27(25,26)19-10-5-16(6-11-19)7-12-20(24)23-18-8-3-17(4-9-18)13-14-21/h3-6,8-11,22H,2,7,12-13,15H2,1H3,(H,23,24). The molecule has 7 heteroatoms. The van der Waals surface area contributed by atoms with Gasteiger partial charge in [-0.3, -0.25) is 4.79 Å². The number of hydrogen-bond acceptors (Lipinski definition) is 4. The van der Waals surface area contributed by atoms with Gasteiger partial charge in [0, 0.05) is 18.7 Å². The SMILES string of the molecule is CCCNS(=O)(=O)c1ccc(CCC(=O)Nc2ccc(CC#N)cc2)cc1. The van der Waals surface area contributed by atoms with Gasteiger partial charge in [-0.15, -0.1) is 0 Å². The summed E-state index contributed by atoms with van der Waals surface area (Å²) >= 11 is 0. The molecule has 2 aromatic rings. The molecule has 0 aliphatic carbocycles. The van der Waals surface area contributed by atoms with E-state index < -0.39 is 10.0 Å². The molecule has 142 valence electrons. The number of benzene rings is 2. The van der Waals surface area contributed by atoms with Crippen LogP contribution >= 0.6 is 0 Å². The summed E-state index contributed by atoms with van der Waals surface area (Å²) in [4.78, 5) is 12.3. The van der Waals surface area contributed by atoms with Crippen molar-refractivity contribution >= 4 is 21.6 Å². The quantitative estimate of drug-likeness (QED) is 0.693. The van der Waals surface area contributed by atoms with Gasteiger partial charge in [0.15, 0.2) is 0 Å².